The van der Waals surface area contributed by atoms with Crippen LogP contribution in [0.2, 0.25) is 5.02 Å². The highest BCUT2D eigenvalue weighted by Crippen LogP contribution is 2.31. The predicted octanol–water partition coefficient (Wildman–Crippen LogP) is 2.02. The van der Waals surface area contributed by atoms with Gasteiger partial charge in [-0.05, 0) is 19.1 Å². The van der Waals surface area contributed by atoms with Crippen LogP contribution in [0.15, 0.2) is 24.3 Å². The molecule has 1 unspecified atom stereocenters. The molecule has 1 fully saturated rings. The van der Waals surface area contributed by atoms with Crippen LogP contribution in [0.5, 0.6) is 0 Å². The van der Waals surface area contributed by atoms with Gasteiger partial charge < -0.3 is 15.7 Å². The fraction of sp³-hybridized carbons (Fsp3) is 0.471. The molecule has 5 nitrogen and oxygen atoms in total. The number of piperazine rings is 1. The van der Waals surface area contributed by atoms with E-state index in [1.165, 1.54) is 0 Å². The molecular weight excluding hydrogens is 312 g/mol. The van der Waals surface area contributed by atoms with E-state index in [-0.39, 0.29) is 12.6 Å². The van der Waals surface area contributed by atoms with E-state index in [4.69, 9.17) is 27.4 Å². The van der Waals surface area contributed by atoms with Gasteiger partial charge in [-0.1, -0.05) is 23.7 Å². The number of rotatable bonds is 4. The summed E-state index contributed by atoms with van der Waals surface area (Å²) < 4.78 is 0. The van der Waals surface area contributed by atoms with Crippen molar-refractivity contribution in [1.82, 2.24) is 9.88 Å². The molecule has 0 saturated carbocycles. The molecule has 0 aliphatic carbocycles. The van der Waals surface area contributed by atoms with Crippen molar-refractivity contribution < 1.29 is 5.11 Å². The first-order chi connectivity index (χ1) is 11.1. The molecule has 124 valence electrons. The quantitative estimate of drug-likeness (QED) is 0.895. The molecule has 0 bridgehead atoms. The van der Waals surface area contributed by atoms with Crippen LogP contribution >= 0.6 is 11.6 Å². The third-order valence-corrected chi connectivity index (χ3v) is 4.69. The largest absolute Gasteiger partial charge is 0.395 e. The maximum Gasteiger partial charge on any atom is 0.134 e. The number of nitrogens with zero attached hydrogens (tertiary/aromatic N) is 3. The minimum atomic E-state index is -0.0867. The normalized spacial score (nSPS) is 17.7. The molecule has 3 rings (SSSR count). The van der Waals surface area contributed by atoms with Crippen molar-refractivity contribution in [2.24, 2.45) is 5.73 Å². The highest BCUT2D eigenvalue weighted by molar-refractivity contribution is 6.35. The number of para-hydroxylation sites is 1. The van der Waals surface area contributed by atoms with E-state index < -0.39 is 0 Å². The Morgan fingerprint density at radius 3 is 2.70 bits per heavy atom. The lowest BCUT2D eigenvalue weighted by Gasteiger charge is -2.36. The number of aliphatic hydroxyl groups excluding tert-OH is 1. The number of anilines is 1. The maximum absolute atomic E-state index is 9.07. The van der Waals surface area contributed by atoms with Crippen molar-refractivity contribution in [2.45, 2.75) is 13.0 Å². The number of halogens is 1. The van der Waals surface area contributed by atoms with Crippen molar-refractivity contribution in [3.05, 3.63) is 34.9 Å². The highest BCUT2D eigenvalue weighted by Gasteiger charge is 2.22. The number of hydrogen-bond donors (Lipinski definition) is 2. The molecule has 1 atom stereocenters. The number of fused-ring (bicyclic) bond motifs is 1. The fourth-order valence-electron chi connectivity index (χ4n) is 3.08. The van der Waals surface area contributed by atoms with Crippen LogP contribution in [-0.2, 0) is 0 Å². The first-order valence-corrected chi connectivity index (χ1v) is 8.41. The van der Waals surface area contributed by atoms with Crippen LogP contribution in [0.3, 0.4) is 0 Å². The molecule has 1 aliphatic heterocycles. The second kappa shape index (κ2) is 7.01. The number of β-amino-alcohol motifs (C(OH)–C–C–N with tert-alkyl or cyclic N) is 1. The zero-order chi connectivity index (χ0) is 16.4. The van der Waals surface area contributed by atoms with Gasteiger partial charge in [0.05, 0.1) is 17.1 Å². The van der Waals surface area contributed by atoms with Crippen molar-refractivity contribution in [3.63, 3.8) is 0 Å². The summed E-state index contributed by atoms with van der Waals surface area (Å²) in [6.45, 7) is 6.51. The fourth-order valence-corrected chi connectivity index (χ4v) is 3.31. The van der Waals surface area contributed by atoms with Crippen molar-refractivity contribution in [1.29, 1.82) is 0 Å². The molecule has 0 amide bonds. The molecule has 0 spiro atoms. The molecule has 23 heavy (non-hydrogen) atoms. The van der Waals surface area contributed by atoms with E-state index in [0.29, 0.717) is 5.02 Å². The van der Waals surface area contributed by atoms with Crippen molar-refractivity contribution in [3.8, 4) is 0 Å². The van der Waals surface area contributed by atoms with Gasteiger partial charge in [0.1, 0.15) is 5.82 Å². The SMILES string of the molecule is CC(N)c1cc2cccc(Cl)c2nc1N1CCN(CCO)CC1. The summed E-state index contributed by atoms with van der Waals surface area (Å²) in [6.07, 6.45) is 0. The third-order valence-electron chi connectivity index (χ3n) is 4.38. The van der Waals surface area contributed by atoms with Crippen LogP contribution in [0, 0.1) is 0 Å². The average Bonchev–Trinajstić information content (AvgIpc) is 2.55. The predicted molar refractivity (Wildman–Crippen MR) is 95.1 cm³/mol. The summed E-state index contributed by atoms with van der Waals surface area (Å²) in [5.41, 5.74) is 8.06. The number of nitrogens with two attached hydrogens (primary N) is 1. The lowest BCUT2D eigenvalue weighted by Crippen LogP contribution is -2.47. The first-order valence-electron chi connectivity index (χ1n) is 8.03. The van der Waals surface area contributed by atoms with Gasteiger partial charge in [0.25, 0.3) is 0 Å². The smallest absolute Gasteiger partial charge is 0.134 e. The van der Waals surface area contributed by atoms with Gasteiger partial charge in [-0.25, -0.2) is 4.98 Å². The van der Waals surface area contributed by atoms with Gasteiger partial charge in [0, 0.05) is 49.7 Å². The van der Waals surface area contributed by atoms with E-state index in [1.807, 2.05) is 25.1 Å². The van der Waals surface area contributed by atoms with Gasteiger partial charge in [-0.2, -0.15) is 0 Å². The third kappa shape index (κ3) is 3.43. The minimum Gasteiger partial charge on any atom is -0.395 e. The molecule has 1 aromatic heterocycles. The maximum atomic E-state index is 9.07. The number of aromatic nitrogens is 1. The lowest BCUT2D eigenvalue weighted by molar-refractivity contribution is 0.188. The van der Waals surface area contributed by atoms with Crippen LogP contribution in [0.4, 0.5) is 5.82 Å². The van der Waals surface area contributed by atoms with Gasteiger partial charge >= 0.3 is 0 Å². The topological polar surface area (TPSA) is 65.6 Å². The second-order valence-corrected chi connectivity index (χ2v) is 6.46. The first kappa shape index (κ1) is 16.5. The molecule has 6 heteroatoms. The molecule has 1 aromatic carbocycles. The Kier molecular flexibility index (Phi) is 5.02. The standard InChI is InChI=1S/C17H23ClN4O/c1-12(19)14-11-13-3-2-4-15(18)16(13)20-17(14)22-7-5-21(6-8-22)9-10-23/h2-4,11-12,23H,5-10,19H2,1H3. The average molecular weight is 335 g/mol. The van der Waals surface area contributed by atoms with Crippen molar-refractivity contribution >= 4 is 28.3 Å². The molecule has 0 radical (unpaired) electrons. The number of pyridine rings is 1. The monoisotopic (exact) mass is 334 g/mol. The molecular formula is C17H23ClN4O. The van der Waals surface area contributed by atoms with E-state index in [0.717, 1.165) is 55.0 Å². The van der Waals surface area contributed by atoms with E-state index >= 15 is 0 Å². The van der Waals surface area contributed by atoms with Gasteiger partial charge in [0.2, 0.25) is 0 Å². The van der Waals surface area contributed by atoms with Crippen LogP contribution < -0.4 is 10.6 Å². The summed E-state index contributed by atoms with van der Waals surface area (Å²) in [6, 6.07) is 7.84. The Bertz CT molecular complexity index is 684. The molecule has 2 aromatic rings. The Balaban J connectivity index is 1.96. The van der Waals surface area contributed by atoms with Crippen LogP contribution in [0.1, 0.15) is 18.5 Å². The Morgan fingerprint density at radius 1 is 1.30 bits per heavy atom. The summed E-state index contributed by atoms with van der Waals surface area (Å²) in [5.74, 6) is 0.934. The number of benzene rings is 1. The second-order valence-electron chi connectivity index (χ2n) is 6.05. The van der Waals surface area contributed by atoms with Gasteiger partial charge in [-0.15, -0.1) is 0 Å². The van der Waals surface area contributed by atoms with Gasteiger partial charge in [-0.3, -0.25) is 4.90 Å². The van der Waals surface area contributed by atoms with Crippen LogP contribution in [0.25, 0.3) is 10.9 Å². The number of hydrogen-bond acceptors (Lipinski definition) is 5. The molecule has 2 heterocycles. The van der Waals surface area contributed by atoms with E-state index in [2.05, 4.69) is 15.9 Å². The van der Waals surface area contributed by atoms with Crippen LogP contribution in [-0.4, -0.2) is 54.3 Å². The summed E-state index contributed by atoms with van der Waals surface area (Å²) in [7, 11) is 0. The summed E-state index contributed by atoms with van der Waals surface area (Å²) >= 11 is 6.32. The van der Waals surface area contributed by atoms with Gasteiger partial charge in [0.15, 0.2) is 0 Å². The molecule has 1 aliphatic rings. The minimum absolute atomic E-state index is 0.0867. The Morgan fingerprint density at radius 2 is 2.04 bits per heavy atom. The molecule has 3 N–H and O–H groups in total. The Labute approximate surface area is 141 Å². The highest BCUT2D eigenvalue weighted by atomic mass is 35.5. The van der Waals surface area contributed by atoms with E-state index in [9.17, 15) is 0 Å². The molecule has 1 saturated heterocycles. The summed E-state index contributed by atoms with van der Waals surface area (Å²) in [4.78, 5) is 9.37. The lowest BCUT2D eigenvalue weighted by atomic mass is 10.1. The summed E-state index contributed by atoms with van der Waals surface area (Å²) in [5, 5.41) is 10.8. The number of aliphatic hydroxyl groups is 1. The van der Waals surface area contributed by atoms with Crippen molar-refractivity contribution in [2.75, 3.05) is 44.2 Å². The Hall–Kier alpha value is -1.40. The zero-order valence-electron chi connectivity index (χ0n) is 13.4. The van der Waals surface area contributed by atoms with E-state index in [1.54, 1.807) is 0 Å². The zero-order valence-corrected chi connectivity index (χ0v) is 14.1.